The molecule has 0 fully saturated rings. The van der Waals surface area contributed by atoms with Crippen molar-refractivity contribution in [1.29, 1.82) is 0 Å². The maximum atomic E-state index is 12.4. The van der Waals surface area contributed by atoms with Gasteiger partial charge in [-0.3, -0.25) is 14.0 Å². The zero-order valence-electron chi connectivity index (χ0n) is 10.2. The fraction of sp³-hybridized carbons (Fsp3) is 0.364. The molecule has 0 saturated carbocycles. The van der Waals surface area contributed by atoms with E-state index >= 15 is 0 Å². The zero-order valence-corrected chi connectivity index (χ0v) is 11.0. The Balaban J connectivity index is 2.37. The van der Waals surface area contributed by atoms with Crippen molar-refractivity contribution in [2.24, 2.45) is 0 Å². The molecule has 0 aliphatic heterocycles. The average molecular weight is 303 g/mol. The number of rotatable bonds is 5. The van der Waals surface area contributed by atoms with Crippen molar-refractivity contribution in [3.63, 3.8) is 0 Å². The number of alkyl halides is 2. The standard InChI is InChI=1S/C11H11F2N3O3S/c12-8(13)6-15(1-3-17)9(18)7-5-14-11-16(10(7)19)2-4-20-11/h2,4-5,8,17H,1,3,6H2. The molecule has 2 aromatic heterocycles. The van der Waals surface area contributed by atoms with Crippen LogP contribution in [0.25, 0.3) is 4.96 Å². The minimum atomic E-state index is -2.74. The van der Waals surface area contributed by atoms with Gasteiger partial charge in [-0.25, -0.2) is 13.8 Å². The molecule has 108 valence electrons. The number of thiazole rings is 1. The molecule has 0 aliphatic carbocycles. The summed E-state index contributed by atoms with van der Waals surface area (Å²) in [6.45, 7) is -1.58. The lowest BCUT2D eigenvalue weighted by Crippen LogP contribution is -2.40. The third kappa shape index (κ3) is 2.83. The normalized spacial score (nSPS) is 11.2. The fourth-order valence-electron chi connectivity index (χ4n) is 1.70. The van der Waals surface area contributed by atoms with E-state index in [9.17, 15) is 18.4 Å². The minimum absolute atomic E-state index is 0.269. The molecule has 2 aromatic rings. The van der Waals surface area contributed by atoms with E-state index in [4.69, 9.17) is 5.11 Å². The number of aromatic nitrogens is 2. The lowest BCUT2D eigenvalue weighted by molar-refractivity contribution is 0.0507. The number of halogens is 2. The molecule has 0 spiro atoms. The second-order valence-corrected chi connectivity index (χ2v) is 4.77. The molecule has 9 heteroatoms. The second kappa shape index (κ2) is 6.06. The summed E-state index contributed by atoms with van der Waals surface area (Å²) in [4.78, 5) is 29.2. The Morgan fingerprint density at radius 1 is 1.55 bits per heavy atom. The Morgan fingerprint density at radius 2 is 2.30 bits per heavy atom. The van der Waals surface area contributed by atoms with Crippen molar-refractivity contribution in [2.45, 2.75) is 6.43 Å². The van der Waals surface area contributed by atoms with E-state index in [-0.39, 0.29) is 12.1 Å². The Morgan fingerprint density at radius 3 is 2.95 bits per heavy atom. The third-order valence-electron chi connectivity index (χ3n) is 2.59. The summed E-state index contributed by atoms with van der Waals surface area (Å²) in [5.74, 6) is -0.863. The quantitative estimate of drug-likeness (QED) is 0.870. The highest BCUT2D eigenvalue weighted by atomic mass is 32.1. The molecule has 0 bridgehead atoms. The molecule has 1 N–H and O–H groups in total. The van der Waals surface area contributed by atoms with Gasteiger partial charge in [0.25, 0.3) is 17.9 Å². The van der Waals surface area contributed by atoms with Crippen molar-refractivity contribution in [1.82, 2.24) is 14.3 Å². The van der Waals surface area contributed by atoms with Crippen molar-refractivity contribution in [3.05, 3.63) is 33.7 Å². The van der Waals surface area contributed by atoms with Crippen LogP contribution in [0.4, 0.5) is 8.78 Å². The largest absolute Gasteiger partial charge is 0.395 e. The summed E-state index contributed by atoms with van der Waals surface area (Å²) >= 11 is 1.22. The molecule has 0 saturated heterocycles. The van der Waals surface area contributed by atoms with E-state index < -0.39 is 31.0 Å². The Labute approximate surface area is 115 Å². The molecular weight excluding hydrogens is 292 g/mol. The van der Waals surface area contributed by atoms with Gasteiger partial charge in [0.1, 0.15) is 5.56 Å². The molecule has 1 amide bonds. The van der Waals surface area contributed by atoms with Crippen LogP contribution in [0.5, 0.6) is 0 Å². The zero-order chi connectivity index (χ0) is 14.7. The van der Waals surface area contributed by atoms with Crippen LogP contribution in [0.15, 0.2) is 22.6 Å². The summed E-state index contributed by atoms with van der Waals surface area (Å²) in [5.41, 5.74) is -0.909. The lowest BCUT2D eigenvalue weighted by atomic mass is 10.3. The summed E-state index contributed by atoms with van der Waals surface area (Å²) < 4.78 is 26.0. The first-order chi connectivity index (χ1) is 9.54. The van der Waals surface area contributed by atoms with Gasteiger partial charge < -0.3 is 10.0 Å². The van der Waals surface area contributed by atoms with Crippen LogP contribution in [-0.4, -0.2) is 51.4 Å². The molecule has 0 atom stereocenters. The number of carbonyl (C=O) groups is 1. The van der Waals surface area contributed by atoms with Crippen molar-refractivity contribution in [3.8, 4) is 0 Å². The number of hydrogen-bond donors (Lipinski definition) is 1. The summed E-state index contributed by atoms with van der Waals surface area (Å²) in [6, 6.07) is 0. The number of fused-ring (bicyclic) bond motifs is 1. The number of nitrogens with zero attached hydrogens (tertiary/aromatic N) is 3. The topological polar surface area (TPSA) is 74.9 Å². The molecular formula is C11H11F2N3O3S. The van der Waals surface area contributed by atoms with Crippen LogP contribution in [0.2, 0.25) is 0 Å². The van der Waals surface area contributed by atoms with Crippen LogP contribution in [0.1, 0.15) is 10.4 Å². The number of carbonyl (C=O) groups excluding carboxylic acids is 1. The van der Waals surface area contributed by atoms with Crippen LogP contribution in [-0.2, 0) is 0 Å². The van der Waals surface area contributed by atoms with Crippen LogP contribution in [0.3, 0.4) is 0 Å². The van der Waals surface area contributed by atoms with Gasteiger partial charge in [0, 0.05) is 24.3 Å². The average Bonchev–Trinajstić information content (AvgIpc) is 2.87. The van der Waals surface area contributed by atoms with Gasteiger partial charge >= 0.3 is 0 Å². The molecule has 6 nitrogen and oxygen atoms in total. The molecule has 2 heterocycles. The number of aliphatic hydroxyl groups is 1. The molecule has 0 aliphatic rings. The smallest absolute Gasteiger partial charge is 0.271 e. The van der Waals surface area contributed by atoms with Gasteiger partial charge in [-0.05, 0) is 0 Å². The Kier molecular flexibility index (Phi) is 4.40. The van der Waals surface area contributed by atoms with Gasteiger partial charge in [0.15, 0.2) is 4.96 Å². The van der Waals surface area contributed by atoms with Crippen molar-refractivity contribution in [2.75, 3.05) is 19.7 Å². The second-order valence-electron chi connectivity index (χ2n) is 3.90. The van der Waals surface area contributed by atoms with E-state index in [1.807, 2.05) is 0 Å². The summed E-state index contributed by atoms with van der Waals surface area (Å²) in [6.07, 6.45) is -0.215. The van der Waals surface area contributed by atoms with Gasteiger partial charge in [-0.1, -0.05) is 0 Å². The maximum absolute atomic E-state index is 12.4. The molecule has 20 heavy (non-hydrogen) atoms. The first kappa shape index (κ1) is 14.5. The van der Waals surface area contributed by atoms with Crippen LogP contribution < -0.4 is 5.56 Å². The lowest BCUT2D eigenvalue weighted by Gasteiger charge is -2.20. The van der Waals surface area contributed by atoms with E-state index in [0.717, 1.165) is 11.1 Å². The van der Waals surface area contributed by atoms with Crippen molar-refractivity contribution < 1.29 is 18.7 Å². The number of hydrogen-bond acceptors (Lipinski definition) is 5. The minimum Gasteiger partial charge on any atom is -0.395 e. The number of amides is 1. The Bertz CT molecular complexity index is 670. The highest BCUT2D eigenvalue weighted by molar-refractivity contribution is 7.15. The fourth-order valence-corrected chi connectivity index (χ4v) is 2.38. The van der Waals surface area contributed by atoms with Gasteiger partial charge in [0.05, 0.1) is 13.2 Å². The summed E-state index contributed by atoms with van der Waals surface area (Å²) in [5, 5.41) is 10.4. The molecule has 0 unspecified atom stereocenters. The maximum Gasteiger partial charge on any atom is 0.271 e. The molecule has 0 aromatic carbocycles. The summed E-state index contributed by atoms with van der Waals surface area (Å²) in [7, 11) is 0. The molecule has 0 radical (unpaired) electrons. The van der Waals surface area contributed by atoms with E-state index in [1.165, 1.54) is 21.9 Å². The first-order valence-corrected chi connectivity index (χ1v) is 6.55. The van der Waals surface area contributed by atoms with E-state index in [2.05, 4.69) is 4.98 Å². The third-order valence-corrected chi connectivity index (χ3v) is 3.36. The van der Waals surface area contributed by atoms with Crippen LogP contribution in [0, 0.1) is 0 Å². The van der Waals surface area contributed by atoms with Gasteiger partial charge in [-0.2, -0.15) is 0 Å². The predicted octanol–water partition coefficient (Wildman–Crippen LogP) is 0.456. The van der Waals surface area contributed by atoms with E-state index in [1.54, 1.807) is 5.38 Å². The van der Waals surface area contributed by atoms with Gasteiger partial charge in [0.2, 0.25) is 0 Å². The first-order valence-electron chi connectivity index (χ1n) is 5.67. The highest BCUT2D eigenvalue weighted by Gasteiger charge is 2.22. The van der Waals surface area contributed by atoms with E-state index in [0.29, 0.717) is 4.96 Å². The molecule has 2 rings (SSSR count). The monoisotopic (exact) mass is 303 g/mol. The Hall–Kier alpha value is -1.87. The van der Waals surface area contributed by atoms with Crippen molar-refractivity contribution >= 4 is 22.2 Å². The predicted molar refractivity (Wildman–Crippen MR) is 68.3 cm³/mol. The van der Waals surface area contributed by atoms with Crippen LogP contribution >= 0.6 is 11.3 Å². The van der Waals surface area contributed by atoms with Gasteiger partial charge in [-0.15, -0.1) is 11.3 Å². The SMILES string of the molecule is O=C(c1cnc2sccn2c1=O)N(CCO)CC(F)F. The highest BCUT2D eigenvalue weighted by Crippen LogP contribution is 2.08. The number of aliphatic hydroxyl groups excluding tert-OH is 1.